The number of carbonyl (C=O) groups is 2. The fourth-order valence-corrected chi connectivity index (χ4v) is 4.13. The van der Waals surface area contributed by atoms with Gasteiger partial charge in [-0.1, -0.05) is 18.2 Å². The molecule has 8 heteroatoms. The van der Waals surface area contributed by atoms with E-state index in [0.29, 0.717) is 11.4 Å². The van der Waals surface area contributed by atoms with E-state index in [1.165, 1.54) is 5.01 Å². The van der Waals surface area contributed by atoms with E-state index in [9.17, 15) is 9.59 Å². The Morgan fingerprint density at radius 3 is 2.57 bits per heavy atom. The van der Waals surface area contributed by atoms with E-state index in [0.717, 1.165) is 22.0 Å². The van der Waals surface area contributed by atoms with Crippen LogP contribution < -0.4 is 16.2 Å². The Kier molecular flexibility index (Phi) is 4.91. The second-order valence-corrected chi connectivity index (χ2v) is 7.19. The smallest absolute Gasteiger partial charge is 0.289 e. The summed E-state index contributed by atoms with van der Waals surface area (Å²) in [5, 5.41) is 2.42. The lowest BCUT2D eigenvalue weighted by Crippen LogP contribution is -2.59. The summed E-state index contributed by atoms with van der Waals surface area (Å²) in [6.07, 6.45) is 3.30. The fourth-order valence-electron chi connectivity index (χ4n) is 4.13. The molecule has 3 heterocycles. The Hall–Kier alpha value is -2.90. The van der Waals surface area contributed by atoms with Crippen molar-refractivity contribution in [2.75, 3.05) is 5.01 Å². The zero-order valence-electron chi connectivity index (χ0n) is 15.9. The molecule has 0 aliphatic carbocycles. The molecule has 1 atom stereocenters. The van der Waals surface area contributed by atoms with Gasteiger partial charge in [0.15, 0.2) is 0 Å². The van der Waals surface area contributed by atoms with Crippen LogP contribution in [0.3, 0.4) is 0 Å². The van der Waals surface area contributed by atoms with Crippen LogP contribution in [0.1, 0.15) is 35.0 Å². The number of hydrogen-bond donors (Lipinski definition) is 2. The molecule has 2 amide bonds. The molecule has 0 saturated heterocycles. The molecule has 1 unspecified atom stereocenters. The van der Waals surface area contributed by atoms with Crippen molar-refractivity contribution in [2.45, 2.75) is 25.8 Å². The normalized spacial score (nSPS) is 18.7. The molecule has 0 saturated carbocycles. The van der Waals surface area contributed by atoms with Crippen LogP contribution in [0.25, 0.3) is 10.9 Å². The van der Waals surface area contributed by atoms with Crippen LogP contribution in [-0.4, -0.2) is 21.4 Å². The van der Waals surface area contributed by atoms with Crippen LogP contribution >= 0.6 is 12.4 Å². The number of primary amides is 1. The average Bonchev–Trinajstić information content (AvgIpc) is 2.94. The summed E-state index contributed by atoms with van der Waals surface area (Å²) in [5.74, 6) is -0.624. The van der Waals surface area contributed by atoms with E-state index in [4.69, 9.17) is 5.73 Å². The van der Waals surface area contributed by atoms with Crippen molar-refractivity contribution in [3.63, 3.8) is 0 Å². The van der Waals surface area contributed by atoms with Crippen molar-refractivity contribution < 1.29 is 9.59 Å². The Morgan fingerprint density at radius 2 is 1.93 bits per heavy atom. The lowest BCUT2D eigenvalue weighted by molar-refractivity contribution is -0.119. The van der Waals surface area contributed by atoms with Crippen LogP contribution in [-0.2, 0) is 17.4 Å². The van der Waals surface area contributed by atoms with Gasteiger partial charge in [-0.25, -0.2) is 10.4 Å². The first kappa shape index (κ1) is 19.9. The first-order valence-corrected chi connectivity index (χ1v) is 8.72. The van der Waals surface area contributed by atoms with Crippen molar-refractivity contribution in [2.24, 2.45) is 12.8 Å². The minimum atomic E-state index is -0.828. The lowest BCUT2D eigenvalue weighted by Gasteiger charge is -2.41. The number of anilines is 1. The molecule has 0 radical (unpaired) electrons. The fraction of sp³-hybridized carbons (Fsp3) is 0.250. The molecule has 2 aromatic heterocycles. The Balaban J connectivity index is 0.00000225. The van der Waals surface area contributed by atoms with Crippen LogP contribution in [0.4, 0.5) is 5.69 Å². The number of hydrogen-bond acceptors (Lipinski definition) is 4. The molecule has 7 nitrogen and oxygen atoms in total. The summed E-state index contributed by atoms with van der Waals surface area (Å²) in [6, 6.07) is 9.44. The number of aromatic nitrogens is 2. The van der Waals surface area contributed by atoms with Crippen molar-refractivity contribution in [1.29, 1.82) is 0 Å². The number of nitrogens with one attached hydrogen (secondary N) is 1. The van der Waals surface area contributed by atoms with Gasteiger partial charge in [0.05, 0.1) is 23.2 Å². The molecule has 0 bridgehead atoms. The number of hydrazine groups is 1. The second kappa shape index (κ2) is 6.92. The van der Waals surface area contributed by atoms with E-state index in [1.807, 2.05) is 43.7 Å². The minimum Gasteiger partial charge on any atom is -0.370 e. The molecule has 4 rings (SSSR count). The second-order valence-electron chi connectivity index (χ2n) is 7.19. The molecule has 3 aromatic rings. The number of aryl methyl sites for hydroxylation is 2. The third kappa shape index (κ3) is 2.83. The van der Waals surface area contributed by atoms with Gasteiger partial charge in [-0.2, -0.15) is 0 Å². The van der Waals surface area contributed by atoms with E-state index in [-0.39, 0.29) is 24.7 Å². The number of pyridine rings is 1. The largest absolute Gasteiger partial charge is 0.370 e. The zero-order valence-corrected chi connectivity index (χ0v) is 16.7. The number of carbonyl (C=O) groups excluding carboxylic acids is 2. The molecule has 0 spiro atoms. The monoisotopic (exact) mass is 399 g/mol. The maximum absolute atomic E-state index is 13.4. The molecule has 0 fully saturated rings. The minimum absolute atomic E-state index is 0. The summed E-state index contributed by atoms with van der Waals surface area (Å²) >= 11 is 0. The van der Waals surface area contributed by atoms with Gasteiger partial charge < -0.3 is 10.3 Å². The van der Waals surface area contributed by atoms with Crippen molar-refractivity contribution in [1.82, 2.24) is 15.0 Å². The Labute approximate surface area is 168 Å². The van der Waals surface area contributed by atoms with Gasteiger partial charge >= 0.3 is 0 Å². The van der Waals surface area contributed by atoms with Crippen LogP contribution in [0.15, 0.2) is 42.7 Å². The molecule has 146 valence electrons. The Morgan fingerprint density at radius 1 is 1.25 bits per heavy atom. The number of para-hydroxylation sites is 1. The quantitative estimate of drug-likeness (QED) is 0.707. The highest BCUT2D eigenvalue weighted by Gasteiger charge is 2.44. The number of nitrogens with zero attached hydrogens (tertiary/aromatic N) is 3. The third-order valence-corrected chi connectivity index (χ3v) is 5.18. The lowest BCUT2D eigenvalue weighted by atomic mass is 9.84. The topological polar surface area (TPSA) is 93.2 Å². The van der Waals surface area contributed by atoms with Gasteiger partial charge in [0.25, 0.3) is 5.91 Å². The number of amides is 2. The molecule has 3 N–H and O–H groups in total. The van der Waals surface area contributed by atoms with Gasteiger partial charge in [0.2, 0.25) is 5.91 Å². The van der Waals surface area contributed by atoms with Gasteiger partial charge in [-0.15, -0.1) is 12.4 Å². The van der Waals surface area contributed by atoms with Gasteiger partial charge in [-0.3, -0.25) is 14.6 Å². The number of nitrogens with two attached hydrogens (primary N) is 1. The Bertz CT molecular complexity index is 1080. The van der Waals surface area contributed by atoms with E-state index in [2.05, 4.69) is 10.4 Å². The number of halogens is 1. The summed E-state index contributed by atoms with van der Waals surface area (Å²) < 4.78 is 1.91. The highest BCUT2D eigenvalue weighted by Crippen LogP contribution is 2.41. The van der Waals surface area contributed by atoms with Crippen molar-refractivity contribution in [3.05, 3.63) is 59.5 Å². The van der Waals surface area contributed by atoms with Crippen LogP contribution in [0, 0.1) is 6.92 Å². The van der Waals surface area contributed by atoms with Crippen LogP contribution in [0.5, 0.6) is 0 Å². The molecule has 1 aliphatic rings. The van der Waals surface area contributed by atoms with Gasteiger partial charge in [0.1, 0.15) is 5.69 Å². The number of benzene rings is 1. The van der Waals surface area contributed by atoms with Gasteiger partial charge in [0, 0.05) is 30.4 Å². The standard InChI is InChI=1S/C20H21N5O2.ClH/c1-12-5-4-6-14-16-18(24(3)17(12)14)19(27)25(13-7-9-22-10-8-13)23-20(16,2)11-15(21)26;/h4-10,23H,11H2,1-3H3,(H2,21,26);1H. The third-order valence-electron chi connectivity index (χ3n) is 5.18. The summed E-state index contributed by atoms with van der Waals surface area (Å²) in [7, 11) is 1.88. The maximum atomic E-state index is 13.4. The summed E-state index contributed by atoms with van der Waals surface area (Å²) in [4.78, 5) is 29.3. The average molecular weight is 400 g/mol. The first-order chi connectivity index (χ1) is 12.8. The number of fused-ring (bicyclic) bond motifs is 3. The number of rotatable bonds is 3. The molecule has 1 aliphatic heterocycles. The van der Waals surface area contributed by atoms with Crippen LogP contribution in [0.2, 0.25) is 0 Å². The highest BCUT2D eigenvalue weighted by molar-refractivity contribution is 6.11. The van der Waals surface area contributed by atoms with Gasteiger partial charge in [-0.05, 0) is 31.5 Å². The SMILES string of the molecule is Cc1cccc2c3c(n(C)c12)C(=O)N(c1ccncc1)NC3(C)CC(N)=O.Cl. The predicted molar refractivity (Wildman–Crippen MR) is 110 cm³/mol. The molecular formula is C20H22ClN5O2. The van der Waals surface area contributed by atoms with E-state index >= 15 is 0 Å². The molecule has 28 heavy (non-hydrogen) atoms. The van der Waals surface area contributed by atoms with Crippen molar-refractivity contribution in [3.8, 4) is 0 Å². The van der Waals surface area contributed by atoms with E-state index in [1.54, 1.807) is 24.5 Å². The predicted octanol–water partition coefficient (Wildman–Crippen LogP) is 2.56. The molecular weight excluding hydrogens is 378 g/mol. The summed E-state index contributed by atoms with van der Waals surface area (Å²) in [5.41, 5.74) is 12.0. The summed E-state index contributed by atoms with van der Waals surface area (Å²) in [6.45, 7) is 3.91. The molecule has 1 aromatic carbocycles. The van der Waals surface area contributed by atoms with Crippen molar-refractivity contribution >= 4 is 40.8 Å². The first-order valence-electron chi connectivity index (χ1n) is 8.72. The zero-order chi connectivity index (χ0) is 19.3. The van der Waals surface area contributed by atoms with E-state index < -0.39 is 11.4 Å². The highest BCUT2D eigenvalue weighted by atomic mass is 35.5. The maximum Gasteiger partial charge on any atom is 0.289 e.